The fourth-order valence-corrected chi connectivity index (χ4v) is 2.76. The number of terminal acetylenes is 1. The molecule has 22 heavy (non-hydrogen) atoms. The van der Waals surface area contributed by atoms with Crippen LogP contribution in [-0.2, 0) is 0 Å². The topological polar surface area (TPSA) is 4.93 Å². The lowest BCUT2D eigenvalue weighted by Gasteiger charge is -2.09. The number of benzene rings is 2. The molecule has 0 aliphatic carbocycles. The molecule has 0 atom stereocenters. The number of para-hydroxylation sites is 1. The summed E-state index contributed by atoms with van der Waals surface area (Å²) in [5.74, 6) is 2.66. The van der Waals surface area contributed by atoms with Crippen molar-refractivity contribution in [3.05, 3.63) is 84.1 Å². The summed E-state index contributed by atoms with van der Waals surface area (Å²) >= 11 is 0. The van der Waals surface area contributed by atoms with Gasteiger partial charge in [-0.3, -0.25) is 0 Å². The fraction of sp³-hybridized carbons (Fsp3) is 0.0476. The molecule has 0 N–H and O–H groups in total. The SMILES string of the molecule is C#Cc1ccc(-n2c(/C=C\C=C)c(C)c3ccccc32)cc1. The van der Waals surface area contributed by atoms with Crippen molar-refractivity contribution in [1.29, 1.82) is 0 Å². The smallest absolute Gasteiger partial charge is 0.0537 e. The number of aryl methyl sites for hydroxylation is 1. The van der Waals surface area contributed by atoms with Gasteiger partial charge in [-0.2, -0.15) is 0 Å². The molecule has 0 bridgehead atoms. The van der Waals surface area contributed by atoms with Crippen molar-refractivity contribution in [2.45, 2.75) is 6.92 Å². The van der Waals surface area contributed by atoms with E-state index in [9.17, 15) is 0 Å². The predicted octanol–water partition coefficient (Wildman–Crippen LogP) is 5.12. The van der Waals surface area contributed by atoms with Crippen LogP contribution in [0, 0.1) is 19.3 Å². The van der Waals surface area contributed by atoms with Crippen LogP contribution in [0.3, 0.4) is 0 Å². The summed E-state index contributed by atoms with van der Waals surface area (Å²) in [5.41, 5.74) is 5.61. The van der Waals surface area contributed by atoms with E-state index >= 15 is 0 Å². The first-order chi connectivity index (χ1) is 10.8. The van der Waals surface area contributed by atoms with Crippen molar-refractivity contribution in [2.75, 3.05) is 0 Å². The Labute approximate surface area is 131 Å². The van der Waals surface area contributed by atoms with Gasteiger partial charge in [-0.1, -0.05) is 42.9 Å². The molecule has 0 fully saturated rings. The fourth-order valence-electron chi connectivity index (χ4n) is 2.76. The summed E-state index contributed by atoms with van der Waals surface area (Å²) in [6.45, 7) is 5.92. The molecule has 0 radical (unpaired) electrons. The van der Waals surface area contributed by atoms with Gasteiger partial charge in [0.1, 0.15) is 0 Å². The van der Waals surface area contributed by atoms with Crippen molar-refractivity contribution < 1.29 is 0 Å². The summed E-state index contributed by atoms with van der Waals surface area (Å²) in [6.07, 6.45) is 11.3. The molecule has 0 amide bonds. The first-order valence-electron chi connectivity index (χ1n) is 7.22. The Balaban J connectivity index is 2.32. The van der Waals surface area contributed by atoms with Gasteiger partial charge in [0.25, 0.3) is 0 Å². The Morgan fingerprint density at radius 2 is 1.82 bits per heavy atom. The lowest BCUT2D eigenvalue weighted by Crippen LogP contribution is -1.97. The monoisotopic (exact) mass is 283 g/mol. The minimum absolute atomic E-state index is 0.889. The third-order valence-corrected chi connectivity index (χ3v) is 3.86. The summed E-state index contributed by atoms with van der Waals surface area (Å²) in [5, 5.41) is 1.26. The average Bonchev–Trinajstić information content (AvgIpc) is 2.86. The second-order valence-electron chi connectivity index (χ2n) is 5.15. The van der Waals surface area contributed by atoms with E-state index in [4.69, 9.17) is 6.42 Å². The van der Waals surface area contributed by atoms with Gasteiger partial charge in [0.05, 0.1) is 5.52 Å². The number of aromatic nitrogens is 1. The molecular weight excluding hydrogens is 266 g/mol. The lowest BCUT2D eigenvalue weighted by atomic mass is 10.1. The molecule has 0 saturated carbocycles. The first kappa shape index (κ1) is 14.0. The number of fused-ring (bicyclic) bond motifs is 1. The van der Waals surface area contributed by atoms with Crippen molar-refractivity contribution in [3.63, 3.8) is 0 Å². The van der Waals surface area contributed by atoms with E-state index in [2.05, 4.69) is 66.5 Å². The average molecular weight is 283 g/mol. The van der Waals surface area contributed by atoms with Crippen LogP contribution in [0.15, 0.2) is 67.3 Å². The highest BCUT2D eigenvalue weighted by atomic mass is 15.0. The van der Waals surface area contributed by atoms with E-state index in [1.54, 1.807) is 6.08 Å². The molecule has 3 rings (SSSR count). The summed E-state index contributed by atoms with van der Waals surface area (Å²) < 4.78 is 2.25. The van der Waals surface area contributed by atoms with Gasteiger partial charge in [-0.15, -0.1) is 6.42 Å². The van der Waals surface area contributed by atoms with Gasteiger partial charge >= 0.3 is 0 Å². The lowest BCUT2D eigenvalue weighted by molar-refractivity contribution is 1.10. The molecular formula is C21H17N. The highest BCUT2D eigenvalue weighted by Gasteiger charge is 2.12. The number of hydrogen-bond acceptors (Lipinski definition) is 0. The number of allylic oxidation sites excluding steroid dienone is 2. The molecule has 0 aliphatic heterocycles. The molecule has 0 saturated heterocycles. The Bertz CT molecular complexity index is 899. The van der Waals surface area contributed by atoms with Gasteiger partial charge in [0, 0.05) is 22.3 Å². The Hall–Kier alpha value is -2.98. The minimum Gasteiger partial charge on any atom is -0.310 e. The van der Waals surface area contributed by atoms with Crippen molar-refractivity contribution in [2.24, 2.45) is 0 Å². The quantitative estimate of drug-likeness (QED) is 0.464. The largest absolute Gasteiger partial charge is 0.310 e. The predicted molar refractivity (Wildman–Crippen MR) is 95.2 cm³/mol. The zero-order valence-electron chi connectivity index (χ0n) is 12.6. The van der Waals surface area contributed by atoms with Gasteiger partial charge in [-0.05, 0) is 48.9 Å². The van der Waals surface area contributed by atoms with Crippen LogP contribution < -0.4 is 0 Å². The first-order valence-corrected chi connectivity index (χ1v) is 7.22. The van der Waals surface area contributed by atoms with Gasteiger partial charge in [0.2, 0.25) is 0 Å². The Kier molecular flexibility index (Phi) is 3.68. The molecule has 2 aromatic carbocycles. The summed E-state index contributed by atoms with van der Waals surface area (Å²) in [7, 11) is 0. The maximum atomic E-state index is 5.45. The van der Waals surface area contributed by atoms with Crippen LogP contribution >= 0.6 is 0 Å². The molecule has 3 aromatic rings. The molecule has 1 heterocycles. The zero-order valence-corrected chi connectivity index (χ0v) is 12.6. The number of nitrogens with zero attached hydrogens (tertiary/aromatic N) is 1. The van der Waals surface area contributed by atoms with E-state index < -0.39 is 0 Å². The number of rotatable bonds is 3. The zero-order chi connectivity index (χ0) is 15.5. The molecule has 0 spiro atoms. The van der Waals surface area contributed by atoms with Crippen molar-refractivity contribution in [1.82, 2.24) is 4.57 Å². The van der Waals surface area contributed by atoms with Crippen LogP contribution in [0.2, 0.25) is 0 Å². The van der Waals surface area contributed by atoms with E-state index in [1.807, 2.05) is 18.2 Å². The van der Waals surface area contributed by atoms with Crippen molar-refractivity contribution >= 4 is 17.0 Å². The molecule has 1 heteroatoms. The van der Waals surface area contributed by atoms with Crippen LogP contribution in [-0.4, -0.2) is 4.57 Å². The number of hydrogen-bond donors (Lipinski definition) is 0. The van der Waals surface area contributed by atoms with Gasteiger partial charge < -0.3 is 4.57 Å². The summed E-state index contributed by atoms with van der Waals surface area (Å²) in [6, 6.07) is 16.5. The van der Waals surface area contributed by atoms with E-state index in [1.165, 1.54) is 16.5 Å². The summed E-state index contributed by atoms with van der Waals surface area (Å²) in [4.78, 5) is 0. The normalized spacial score (nSPS) is 10.9. The van der Waals surface area contributed by atoms with Crippen LogP contribution in [0.25, 0.3) is 22.7 Å². The van der Waals surface area contributed by atoms with E-state index in [0.29, 0.717) is 0 Å². The minimum atomic E-state index is 0.889. The maximum absolute atomic E-state index is 5.45. The highest BCUT2D eigenvalue weighted by Crippen LogP contribution is 2.30. The van der Waals surface area contributed by atoms with Gasteiger partial charge in [0.15, 0.2) is 0 Å². The maximum Gasteiger partial charge on any atom is 0.0537 e. The van der Waals surface area contributed by atoms with Crippen LogP contribution in [0.5, 0.6) is 0 Å². The molecule has 0 unspecified atom stereocenters. The Morgan fingerprint density at radius 3 is 2.50 bits per heavy atom. The van der Waals surface area contributed by atoms with Crippen molar-refractivity contribution in [3.8, 4) is 18.0 Å². The van der Waals surface area contributed by atoms with Crippen LogP contribution in [0.4, 0.5) is 0 Å². The highest BCUT2D eigenvalue weighted by molar-refractivity contribution is 5.89. The second-order valence-corrected chi connectivity index (χ2v) is 5.15. The third kappa shape index (κ3) is 2.25. The molecule has 0 aliphatic rings. The third-order valence-electron chi connectivity index (χ3n) is 3.86. The Morgan fingerprint density at radius 1 is 1.09 bits per heavy atom. The van der Waals surface area contributed by atoms with E-state index in [-0.39, 0.29) is 0 Å². The van der Waals surface area contributed by atoms with Crippen LogP contribution in [0.1, 0.15) is 16.8 Å². The molecule has 106 valence electrons. The van der Waals surface area contributed by atoms with E-state index in [0.717, 1.165) is 16.9 Å². The molecule has 1 nitrogen and oxygen atoms in total. The second kappa shape index (κ2) is 5.79. The standard InChI is InChI=1S/C21H17N/c1-4-6-10-20-16(3)19-9-7-8-11-21(19)22(20)18-14-12-17(5-2)13-15-18/h2,4,6-15H,1H2,3H3/b10-6-. The van der Waals surface area contributed by atoms with Gasteiger partial charge in [-0.25, -0.2) is 0 Å². The molecule has 1 aromatic heterocycles.